The van der Waals surface area contributed by atoms with Crippen molar-refractivity contribution in [2.24, 2.45) is 5.92 Å². The molecule has 0 radical (unpaired) electrons. The summed E-state index contributed by atoms with van der Waals surface area (Å²) in [5.74, 6) is -0.770. The fourth-order valence-electron chi connectivity index (χ4n) is 3.84. The van der Waals surface area contributed by atoms with E-state index in [0.717, 1.165) is 12.8 Å². The summed E-state index contributed by atoms with van der Waals surface area (Å²) in [6.45, 7) is 0. The molecule has 2 unspecified atom stereocenters. The first-order valence-electron chi connectivity index (χ1n) is 8.12. The molecule has 0 aliphatic carbocycles. The Kier molecular flexibility index (Phi) is 4.62. The summed E-state index contributed by atoms with van der Waals surface area (Å²) in [6, 6.07) is 7.20. The predicted octanol–water partition coefficient (Wildman–Crippen LogP) is 1.84. The Bertz CT molecular complexity index is 619. The maximum atomic E-state index is 12.2. The van der Waals surface area contributed by atoms with Gasteiger partial charge in [-0.2, -0.15) is 0 Å². The zero-order valence-electron chi connectivity index (χ0n) is 13.9. The van der Waals surface area contributed by atoms with Crippen LogP contribution in [0.4, 0.5) is 16.2 Å². The molecule has 2 saturated heterocycles. The molecule has 2 aliphatic rings. The minimum atomic E-state index is -0.567. The molecule has 2 fully saturated rings. The Morgan fingerprint density at radius 3 is 2.62 bits per heavy atom. The maximum absolute atomic E-state index is 12.2. The van der Waals surface area contributed by atoms with E-state index in [1.807, 2.05) is 7.05 Å². The number of carbonyl (C=O) groups excluding carboxylic acids is 2. The van der Waals surface area contributed by atoms with Gasteiger partial charge in [-0.15, -0.1) is 0 Å². The summed E-state index contributed by atoms with van der Waals surface area (Å²) in [5.41, 5.74) is 6.84. The number of methoxy groups -OCH3 is 1. The molecule has 24 heavy (non-hydrogen) atoms. The van der Waals surface area contributed by atoms with Crippen molar-refractivity contribution in [2.45, 2.75) is 37.5 Å². The first-order valence-corrected chi connectivity index (χ1v) is 8.12. The lowest BCUT2D eigenvalue weighted by Gasteiger charge is -2.40. The Hall–Kier alpha value is -2.28. The Balaban J connectivity index is 1.69. The third-order valence-electron chi connectivity index (χ3n) is 5.10. The number of carbonyl (C=O) groups is 2. The van der Waals surface area contributed by atoms with Gasteiger partial charge in [-0.3, -0.25) is 15.0 Å². The van der Waals surface area contributed by atoms with Crippen LogP contribution < -0.4 is 11.1 Å². The van der Waals surface area contributed by atoms with Gasteiger partial charge < -0.3 is 15.2 Å². The highest BCUT2D eigenvalue weighted by Crippen LogP contribution is 2.40. The van der Waals surface area contributed by atoms with Crippen LogP contribution >= 0.6 is 0 Å². The number of benzene rings is 1. The molecule has 7 heteroatoms. The van der Waals surface area contributed by atoms with Crippen LogP contribution in [0.1, 0.15) is 19.3 Å². The van der Waals surface area contributed by atoms with Crippen molar-refractivity contribution in [1.82, 2.24) is 4.90 Å². The van der Waals surface area contributed by atoms with Crippen molar-refractivity contribution in [3.8, 4) is 0 Å². The highest BCUT2D eigenvalue weighted by molar-refractivity contribution is 5.85. The SMILES string of the molecule is COC(=O)C1C2CC[C@H](C[C@@H]1OC(=O)Nc1ccc(N)cc1)N2C. The van der Waals surface area contributed by atoms with Gasteiger partial charge in [0.1, 0.15) is 12.0 Å². The topological polar surface area (TPSA) is 93.9 Å². The molecule has 3 rings (SSSR count). The average molecular weight is 333 g/mol. The number of nitrogens with zero attached hydrogens (tertiary/aromatic N) is 1. The zero-order chi connectivity index (χ0) is 17.3. The van der Waals surface area contributed by atoms with Crippen molar-refractivity contribution in [2.75, 3.05) is 25.2 Å². The number of nitrogens with two attached hydrogens (primary N) is 1. The van der Waals surface area contributed by atoms with E-state index >= 15 is 0 Å². The molecule has 7 nitrogen and oxygen atoms in total. The fourth-order valence-corrected chi connectivity index (χ4v) is 3.84. The molecule has 0 spiro atoms. The molecular weight excluding hydrogens is 310 g/mol. The maximum Gasteiger partial charge on any atom is 0.411 e. The van der Waals surface area contributed by atoms with Crippen molar-refractivity contribution in [1.29, 1.82) is 0 Å². The number of amides is 1. The predicted molar refractivity (Wildman–Crippen MR) is 89.4 cm³/mol. The molecule has 2 bridgehead atoms. The Morgan fingerprint density at radius 1 is 1.25 bits per heavy atom. The van der Waals surface area contributed by atoms with E-state index in [2.05, 4.69) is 10.2 Å². The van der Waals surface area contributed by atoms with Crippen LogP contribution in [0.5, 0.6) is 0 Å². The highest BCUT2D eigenvalue weighted by Gasteiger charge is 2.50. The number of rotatable bonds is 3. The van der Waals surface area contributed by atoms with Crippen molar-refractivity contribution in [3.05, 3.63) is 24.3 Å². The van der Waals surface area contributed by atoms with E-state index in [1.165, 1.54) is 7.11 Å². The summed E-state index contributed by atoms with van der Waals surface area (Å²) in [6.07, 6.45) is 1.53. The van der Waals surface area contributed by atoms with Gasteiger partial charge in [0.05, 0.1) is 7.11 Å². The third-order valence-corrected chi connectivity index (χ3v) is 5.10. The summed E-state index contributed by atoms with van der Waals surface area (Å²) < 4.78 is 10.5. The number of esters is 1. The monoisotopic (exact) mass is 333 g/mol. The van der Waals surface area contributed by atoms with Crippen LogP contribution in [0.2, 0.25) is 0 Å². The lowest BCUT2D eigenvalue weighted by Crippen LogP contribution is -2.53. The normalized spacial score (nSPS) is 29.1. The van der Waals surface area contributed by atoms with Crippen LogP contribution in [0, 0.1) is 5.92 Å². The van der Waals surface area contributed by atoms with Crippen LogP contribution in [-0.2, 0) is 14.3 Å². The molecule has 1 aromatic rings. The Labute approximate surface area is 141 Å². The molecule has 2 heterocycles. The van der Waals surface area contributed by atoms with Gasteiger partial charge in [-0.05, 0) is 44.2 Å². The largest absolute Gasteiger partial charge is 0.469 e. The summed E-state index contributed by atoms with van der Waals surface area (Å²) >= 11 is 0. The molecule has 2 aliphatic heterocycles. The van der Waals surface area contributed by atoms with Crippen LogP contribution in [0.3, 0.4) is 0 Å². The van der Waals surface area contributed by atoms with E-state index in [9.17, 15) is 9.59 Å². The number of nitrogen functional groups attached to an aromatic ring is 1. The first-order chi connectivity index (χ1) is 11.5. The number of fused-ring (bicyclic) bond motifs is 2. The van der Waals surface area contributed by atoms with E-state index < -0.39 is 18.1 Å². The number of piperidine rings is 1. The van der Waals surface area contributed by atoms with Gasteiger partial charge in [0.25, 0.3) is 0 Å². The zero-order valence-corrected chi connectivity index (χ0v) is 13.9. The quantitative estimate of drug-likeness (QED) is 0.647. The van der Waals surface area contributed by atoms with Gasteiger partial charge in [0.15, 0.2) is 0 Å². The average Bonchev–Trinajstić information content (AvgIpc) is 2.80. The second kappa shape index (κ2) is 6.68. The van der Waals surface area contributed by atoms with E-state index in [-0.39, 0.29) is 12.0 Å². The molecule has 130 valence electrons. The van der Waals surface area contributed by atoms with E-state index in [1.54, 1.807) is 24.3 Å². The lowest BCUT2D eigenvalue weighted by molar-refractivity contribution is -0.155. The summed E-state index contributed by atoms with van der Waals surface area (Å²) in [5, 5.41) is 2.67. The molecule has 1 amide bonds. The number of hydrogen-bond acceptors (Lipinski definition) is 6. The van der Waals surface area contributed by atoms with Crippen LogP contribution in [0.25, 0.3) is 0 Å². The molecule has 3 N–H and O–H groups in total. The van der Waals surface area contributed by atoms with Crippen LogP contribution in [-0.4, -0.2) is 49.3 Å². The first kappa shape index (κ1) is 16.6. The molecular formula is C17H23N3O4. The molecule has 0 saturated carbocycles. The highest BCUT2D eigenvalue weighted by atomic mass is 16.6. The van der Waals surface area contributed by atoms with Crippen molar-refractivity contribution >= 4 is 23.4 Å². The summed E-state index contributed by atoms with van der Waals surface area (Å²) in [7, 11) is 3.39. The number of hydrogen-bond donors (Lipinski definition) is 2. The fraction of sp³-hybridized carbons (Fsp3) is 0.529. The number of anilines is 2. The lowest BCUT2D eigenvalue weighted by atomic mass is 9.87. The third kappa shape index (κ3) is 3.17. The number of ether oxygens (including phenoxy) is 2. The number of nitrogens with one attached hydrogen (secondary N) is 1. The van der Waals surface area contributed by atoms with E-state index in [0.29, 0.717) is 23.8 Å². The van der Waals surface area contributed by atoms with Gasteiger partial charge in [-0.1, -0.05) is 0 Å². The minimum Gasteiger partial charge on any atom is -0.469 e. The second-order valence-corrected chi connectivity index (χ2v) is 6.44. The van der Waals surface area contributed by atoms with Gasteiger partial charge in [0, 0.05) is 29.9 Å². The minimum absolute atomic E-state index is 0.0607. The van der Waals surface area contributed by atoms with Crippen LogP contribution in [0.15, 0.2) is 24.3 Å². The van der Waals surface area contributed by atoms with Crippen molar-refractivity contribution in [3.63, 3.8) is 0 Å². The van der Waals surface area contributed by atoms with Gasteiger partial charge in [0.2, 0.25) is 0 Å². The van der Waals surface area contributed by atoms with Gasteiger partial charge >= 0.3 is 12.1 Å². The van der Waals surface area contributed by atoms with E-state index in [4.69, 9.17) is 15.2 Å². The molecule has 4 atom stereocenters. The van der Waals surface area contributed by atoms with Gasteiger partial charge in [-0.25, -0.2) is 4.79 Å². The smallest absolute Gasteiger partial charge is 0.411 e. The van der Waals surface area contributed by atoms with Crippen molar-refractivity contribution < 1.29 is 19.1 Å². The molecule has 0 aromatic heterocycles. The summed E-state index contributed by atoms with van der Waals surface area (Å²) in [4.78, 5) is 26.6. The second-order valence-electron chi connectivity index (χ2n) is 6.44. The molecule has 1 aromatic carbocycles. The standard InChI is InChI=1S/C17H23N3O4/c1-20-12-7-8-13(20)15(16(21)23-2)14(9-12)24-17(22)19-11-5-3-10(18)4-6-11/h3-6,12-15H,7-9,18H2,1-2H3,(H,19,22)/t12-,13?,14+,15?/m1/s1. The Morgan fingerprint density at radius 2 is 1.96 bits per heavy atom.